The monoisotopic (exact) mass is 420 g/mol. The summed E-state index contributed by atoms with van der Waals surface area (Å²) in [5, 5.41) is 0. The van der Waals surface area contributed by atoms with Crippen LogP contribution in [0.1, 0.15) is 21.7 Å². The van der Waals surface area contributed by atoms with Gasteiger partial charge in [-0.05, 0) is 18.6 Å². The van der Waals surface area contributed by atoms with Gasteiger partial charge in [0.05, 0.1) is 17.0 Å². The van der Waals surface area contributed by atoms with Crippen molar-refractivity contribution in [1.29, 1.82) is 0 Å². The van der Waals surface area contributed by atoms with Gasteiger partial charge in [-0.2, -0.15) is 13.2 Å². The quantitative estimate of drug-likeness (QED) is 0.465. The summed E-state index contributed by atoms with van der Waals surface area (Å²) in [6.07, 6.45) is -0.521. The lowest BCUT2D eigenvalue weighted by atomic mass is 10.0. The molecular weight excluding hydrogens is 408 g/mol. The lowest BCUT2D eigenvalue weighted by Gasteiger charge is -2.11. The van der Waals surface area contributed by atoms with Crippen LogP contribution in [0.15, 0.2) is 47.8 Å². The number of benzene rings is 1. The van der Waals surface area contributed by atoms with E-state index in [2.05, 4.69) is 15.0 Å². The Morgan fingerprint density at radius 3 is 2.59 bits per heavy atom. The Labute approximate surface area is 165 Å². The van der Waals surface area contributed by atoms with Crippen molar-refractivity contribution in [2.75, 3.05) is 0 Å². The number of alkyl halides is 3. The molecule has 1 aromatic carbocycles. The van der Waals surface area contributed by atoms with E-state index in [1.165, 1.54) is 34.2 Å². The van der Waals surface area contributed by atoms with Crippen LogP contribution in [-0.2, 0) is 12.6 Å². The first kappa shape index (κ1) is 19.2. The highest BCUT2D eigenvalue weighted by Crippen LogP contribution is 2.33. The number of fused-ring (bicyclic) bond motifs is 1. The molecule has 148 valence electrons. The van der Waals surface area contributed by atoms with Crippen molar-refractivity contribution in [2.45, 2.75) is 19.5 Å². The van der Waals surface area contributed by atoms with Gasteiger partial charge in [-0.15, -0.1) is 11.3 Å². The van der Waals surface area contributed by atoms with Crippen LogP contribution in [0.3, 0.4) is 0 Å². The topological polar surface area (TPSA) is 60.2 Å². The average Bonchev–Trinajstić information content (AvgIpc) is 2.99. The predicted molar refractivity (Wildman–Crippen MR) is 99.3 cm³/mol. The SMILES string of the molecule is Cc1sc2nc(Cc3cccc(C(F)(F)F)c3F)cc(=O)n2c1-c1cncnc1. The summed E-state index contributed by atoms with van der Waals surface area (Å²) in [5.74, 6) is -1.36. The Morgan fingerprint density at radius 1 is 1.17 bits per heavy atom. The van der Waals surface area contributed by atoms with Gasteiger partial charge >= 0.3 is 6.18 Å². The van der Waals surface area contributed by atoms with Crippen molar-refractivity contribution in [3.05, 3.63) is 80.9 Å². The zero-order valence-corrected chi connectivity index (χ0v) is 15.7. The van der Waals surface area contributed by atoms with Gasteiger partial charge in [-0.1, -0.05) is 12.1 Å². The summed E-state index contributed by atoms with van der Waals surface area (Å²) in [6, 6.07) is 4.27. The Hall–Kier alpha value is -3.14. The van der Waals surface area contributed by atoms with E-state index in [4.69, 9.17) is 0 Å². The molecule has 0 aliphatic heterocycles. The standard InChI is InChI=1S/C19H12F4N4OS/c1-10-17(12-7-24-9-25-8-12)27-15(28)6-13(26-18(27)29-10)5-11-3-2-4-14(16(11)20)19(21,22)23/h2-4,6-9H,5H2,1H3. The maximum Gasteiger partial charge on any atom is 0.419 e. The molecule has 0 saturated carbocycles. The molecule has 0 N–H and O–H groups in total. The molecule has 0 spiro atoms. The molecule has 4 aromatic rings. The number of rotatable bonds is 3. The molecule has 0 amide bonds. The minimum absolute atomic E-state index is 0.180. The average molecular weight is 420 g/mol. The zero-order chi connectivity index (χ0) is 20.8. The van der Waals surface area contributed by atoms with E-state index >= 15 is 0 Å². The van der Waals surface area contributed by atoms with Crippen LogP contribution in [-0.4, -0.2) is 19.4 Å². The van der Waals surface area contributed by atoms with Crippen LogP contribution in [0.4, 0.5) is 17.6 Å². The highest BCUT2D eigenvalue weighted by molar-refractivity contribution is 7.17. The van der Waals surface area contributed by atoms with Crippen LogP contribution in [0.5, 0.6) is 0 Å². The van der Waals surface area contributed by atoms with Crippen LogP contribution in [0.25, 0.3) is 16.2 Å². The Balaban J connectivity index is 1.80. The van der Waals surface area contributed by atoms with E-state index in [9.17, 15) is 22.4 Å². The molecule has 29 heavy (non-hydrogen) atoms. The minimum atomic E-state index is -4.80. The molecule has 0 saturated heterocycles. The van der Waals surface area contributed by atoms with Crippen molar-refractivity contribution >= 4 is 16.3 Å². The minimum Gasteiger partial charge on any atom is -0.269 e. The molecular formula is C19H12F4N4OS. The molecule has 0 fully saturated rings. The zero-order valence-electron chi connectivity index (χ0n) is 14.9. The van der Waals surface area contributed by atoms with E-state index in [0.29, 0.717) is 22.3 Å². The molecule has 4 rings (SSSR count). The van der Waals surface area contributed by atoms with Crippen LogP contribution in [0, 0.1) is 12.7 Å². The summed E-state index contributed by atoms with van der Waals surface area (Å²) in [4.78, 5) is 26.2. The lowest BCUT2D eigenvalue weighted by Crippen LogP contribution is -2.16. The van der Waals surface area contributed by atoms with Crippen molar-refractivity contribution in [3.63, 3.8) is 0 Å². The Bertz CT molecular complexity index is 1270. The maximum absolute atomic E-state index is 14.3. The fourth-order valence-electron chi connectivity index (χ4n) is 3.10. The summed E-state index contributed by atoms with van der Waals surface area (Å²) in [7, 11) is 0. The van der Waals surface area contributed by atoms with Gasteiger partial charge in [0.2, 0.25) is 0 Å². The second-order valence-electron chi connectivity index (χ2n) is 6.29. The molecule has 0 unspecified atom stereocenters. The lowest BCUT2D eigenvalue weighted by molar-refractivity contribution is -0.140. The molecule has 0 atom stereocenters. The normalized spacial score (nSPS) is 11.9. The molecule has 0 aliphatic carbocycles. The first-order valence-corrected chi connectivity index (χ1v) is 9.19. The number of hydrogen-bond donors (Lipinski definition) is 0. The predicted octanol–water partition coefficient (Wildman–Crippen LogP) is 4.27. The summed E-state index contributed by atoms with van der Waals surface area (Å²) in [6.45, 7) is 1.81. The number of nitrogens with zero attached hydrogens (tertiary/aromatic N) is 4. The maximum atomic E-state index is 14.3. The number of halogens is 4. The van der Waals surface area contributed by atoms with Gasteiger partial charge in [-0.3, -0.25) is 9.20 Å². The van der Waals surface area contributed by atoms with E-state index in [0.717, 1.165) is 10.9 Å². The third kappa shape index (κ3) is 3.51. The van der Waals surface area contributed by atoms with Crippen molar-refractivity contribution in [2.24, 2.45) is 0 Å². The number of thiazole rings is 1. The van der Waals surface area contributed by atoms with E-state index in [1.807, 2.05) is 6.92 Å². The van der Waals surface area contributed by atoms with Gasteiger partial charge in [0.25, 0.3) is 5.56 Å². The van der Waals surface area contributed by atoms with Crippen molar-refractivity contribution in [3.8, 4) is 11.3 Å². The molecule has 10 heteroatoms. The fourth-order valence-corrected chi connectivity index (χ4v) is 4.11. The molecule has 0 aliphatic rings. The second-order valence-corrected chi connectivity index (χ2v) is 7.47. The van der Waals surface area contributed by atoms with E-state index in [-0.39, 0.29) is 17.7 Å². The number of aromatic nitrogens is 4. The highest BCUT2D eigenvalue weighted by atomic mass is 32.1. The molecule has 0 bridgehead atoms. The summed E-state index contributed by atoms with van der Waals surface area (Å²) < 4.78 is 54.5. The van der Waals surface area contributed by atoms with E-state index < -0.39 is 23.1 Å². The second kappa shape index (κ2) is 7.03. The van der Waals surface area contributed by atoms with Gasteiger partial charge in [0, 0.05) is 35.3 Å². The van der Waals surface area contributed by atoms with E-state index in [1.54, 1.807) is 12.4 Å². The molecule has 3 heterocycles. The number of aryl methyl sites for hydroxylation is 1. The van der Waals surface area contributed by atoms with Crippen LogP contribution < -0.4 is 5.56 Å². The van der Waals surface area contributed by atoms with Gasteiger partial charge < -0.3 is 0 Å². The van der Waals surface area contributed by atoms with Crippen molar-refractivity contribution in [1.82, 2.24) is 19.4 Å². The number of hydrogen-bond acceptors (Lipinski definition) is 5. The van der Waals surface area contributed by atoms with Crippen molar-refractivity contribution < 1.29 is 17.6 Å². The van der Waals surface area contributed by atoms with Gasteiger partial charge in [0.1, 0.15) is 12.1 Å². The Kier molecular flexibility index (Phi) is 4.65. The summed E-state index contributed by atoms with van der Waals surface area (Å²) in [5.41, 5.74) is -0.519. The van der Waals surface area contributed by atoms with Gasteiger partial charge in [0.15, 0.2) is 4.96 Å². The fraction of sp³-hybridized carbons (Fsp3) is 0.158. The third-order valence-electron chi connectivity index (χ3n) is 4.33. The van der Waals surface area contributed by atoms with Gasteiger partial charge in [-0.25, -0.2) is 19.3 Å². The molecule has 3 aromatic heterocycles. The smallest absolute Gasteiger partial charge is 0.269 e. The third-order valence-corrected chi connectivity index (χ3v) is 5.29. The summed E-state index contributed by atoms with van der Waals surface area (Å²) >= 11 is 1.25. The first-order valence-electron chi connectivity index (χ1n) is 8.37. The molecule has 5 nitrogen and oxygen atoms in total. The highest BCUT2D eigenvalue weighted by Gasteiger charge is 2.34. The Morgan fingerprint density at radius 2 is 1.90 bits per heavy atom. The largest absolute Gasteiger partial charge is 0.419 e. The molecule has 0 radical (unpaired) electrons. The van der Waals surface area contributed by atoms with Crippen LogP contribution in [0.2, 0.25) is 0 Å². The van der Waals surface area contributed by atoms with Crippen LogP contribution >= 0.6 is 11.3 Å². The first-order chi connectivity index (χ1) is 13.8.